The van der Waals surface area contributed by atoms with Crippen molar-refractivity contribution in [3.05, 3.63) is 39.8 Å². The maximum atomic E-state index is 12.8. The molecule has 1 aromatic heterocycles. The van der Waals surface area contributed by atoms with E-state index >= 15 is 0 Å². The SMILES string of the molecule is CCCn1c(SCC(=O)N(CCC#N)c2ccc(C)c(C)c2)n[nH]c1=O. The Bertz CT molecular complexity index is 865. The normalized spacial score (nSPS) is 10.5. The van der Waals surface area contributed by atoms with Gasteiger partial charge in [-0.25, -0.2) is 9.89 Å². The van der Waals surface area contributed by atoms with Crippen LogP contribution in [0, 0.1) is 25.2 Å². The van der Waals surface area contributed by atoms with Gasteiger partial charge in [0, 0.05) is 18.8 Å². The van der Waals surface area contributed by atoms with Crippen LogP contribution in [0.25, 0.3) is 0 Å². The molecule has 7 nitrogen and oxygen atoms in total. The van der Waals surface area contributed by atoms with Crippen LogP contribution < -0.4 is 10.6 Å². The lowest BCUT2D eigenvalue weighted by Gasteiger charge is -2.22. The molecule has 0 spiro atoms. The molecule has 0 saturated carbocycles. The molecule has 1 aromatic carbocycles. The number of nitriles is 1. The summed E-state index contributed by atoms with van der Waals surface area (Å²) in [5.41, 5.74) is 2.75. The van der Waals surface area contributed by atoms with Gasteiger partial charge < -0.3 is 4.90 Å². The lowest BCUT2D eigenvalue weighted by molar-refractivity contribution is -0.116. The summed E-state index contributed by atoms with van der Waals surface area (Å²) in [6.07, 6.45) is 1.06. The first-order valence-electron chi connectivity index (χ1n) is 8.50. The van der Waals surface area contributed by atoms with E-state index in [1.807, 2.05) is 39.0 Å². The highest BCUT2D eigenvalue weighted by molar-refractivity contribution is 7.99. The van der Waals surface area contributed by atoms with E-state index in [1.54, 1.807) is 4.90 Å². The molecule has 0 saturated heterocycles. The van der Waals surface area contributed by atoms with Crippen LogP contribution in [0.4, 0.5) is 5.69 Å². The van der Waals surface area contributed by atoms with Gasteiger partial charge in [-0.1, -0.05) is 24.8 Å². The third-order valence-electron chi connectivity index (χ3n) is 4.05. The zero-order valence-corrected chi connectivity index (χ0v) is 16.1. The predicted octanol–water partition coefficient (Wildman–Crippen LogP) is 2.64. The first-order chi connectivity index (χ1) is 12.5. The average Bonchev–Trinajstić information content (AvgIpc) is 2.97. The van der Waals surface area contributed by atoms with Gasteiger partial charge in [0.1, 0.15) is 0 Å². The smallest absolute Gasteiger partial charge is 0.311 e. The summed E-state index contributed by atoms with van der Waals surface area (Å²) in [6, 6.07) is 7.91. The molecule has 1 amide bonds. The quantitative estimate of drug-likeness (QED) is 0.718. The minimum atomic E-state index is -0.266. The Hall–Kier alpha value is -2.53. The number of nitrogens with zero attached hydrogens (tertiary/aromatic N) is 4. The molecule has 8 heteroatoms. The summed E-state index contributed by atoms with van der Waals surface area (Å²) >= 11 is 1.23. The molecule has 0 bridgehead atoms. The van der Waals surface area contributed by atoms with Crippen LogP contribution in [0.2, 0.25) is 0 Å². The Morgan fingerprint density at radius 3 is 2.81 bits per heavy atom. The van der Waals surface area contributed by atoms with E-state index in [0.717, 1.165) is 23.2 Å². The Balaban J connectivity index is 2.15. The van der Waals surface area contributed by atoms with Gasteiger partial charge in [-0.15, -0.1) is 5.10 Å². The van der Waals surface area contributed by atoms with Crippen molar-refractivity contribution in [1.29, 1.82) is 5.26 Å². The molecule has 1 heterocycles. The standard InChI is InChI=1S/C18H23N5O2S/c1-4-9-23-17(25)20-21-18(23)26-12-16(24)22(10-5-8-19)15-7-6-13(2)14(3)11-15/h6-7,11H,4-5,9-10,12H2,1-3H3,(H,20,25). The number of hydrogen-bond acceptors (Lipinski definition) is 5. The number of carbonyl (C=O) groups is 1. The van der Waals surface area contributed by atoms with Gasteiger partial charge in [-0.05, 0) is 43.5 Å². The molecule has 0 radical (unpaired) electrons. The lowest BCUT2D eigenvalue weighted by atomic mass is 10.1. The van der Waals surface area contributed by atoms with Gasteiger partial charge in [-0.2, -0.15) is 5.26 Å². The number of aromatic amines is 1. The molecule has 26 heavy (non-hydrogen) atoms. The molecule has 0 unspecified atom stereocenters. The van der Waals surface area contributed by atoms with Crippen LogP contribution in [0.15, 0.2) is 28.2 Å². The number of amides is 1. The Morgan fingerprint density at radius 1 is 1.38 bits per heavy atom. The van der Waals surface area contributed by atoms with Crippen molar-refractivity contribution in [3.63, 3.8) is 0 Å². The number of H-pyrrole nitrogens is 1. The Kier molecular flexibility index (Phi) is 7.04. The van der Waals surface area contributed by atoms with E-state index in [1.165, 1.54) is 16.3 Å². The number of aromatic nitrogens is 3. The molecule has 0 aliphatic rings. The second kappa shape index (κ2) is 9.25. The van der Waals surface area contributed by atoms with Crippen LogP contribution in [0.1, 0.15) is 30.9 Å². The average molecular weight is 373 g/mol. The molecular weight excluding hydrogens is 350 g/mol. The van der Waals surface area contributed by atoms with Crippen LogP contribution in [0.3, 0.4) is 0 Å². The minimum absolute atomic E-state index is 0.119. The number of hydrogen-bond donors (Lipinski definition) is 1. The van der Waals surface area contributed by atoms with Gasteiger partial charge in [0.25, 0.3) is 0 Å². The number of aryl methyl sites for hydroxylation is 2. The number of anilines is 1. The van der Waals surface area contributed by atoms with E-state index in [0.29, 0.717) is 18.2 Å². The van der Waals surface area contributed by atoms with Crippen molar-refractivity contribution >= 4 is 23.4 Å². The fraction of sp³-hybridized carbons (Fsp3) is 0.444. The van der Waals surface area contributed by atoms with Crippen LogP contribution in [0.5, 0.6) is 0 Å². The predicted molar refractivity (Wildman–Crippen MR) is 102 cm³/mol. The molecule has 0 fully saturated rings. The van der Waals surface area contributed by atoms with Crippen LogP contribution in [-0.2, 0) is 11.3 Å². The molecule has 1 N–H and O–H groups in total. The monoisotopic (exact) mass is 373 g/mol. The first-order valence-corrected chi connectivity index (χ1v) is 9.49. The van der Waals surface area contributed by atoms with Crippen LogP contribution in [-0.4, -0.2) is 33.0 Å². The van der Waals surface area contributed by atoms with Crippen molar-refractivity contribution in [2.75, 3.05) is 17.2 Å². The highest BCUT2D eigenvalue weighted by Gasteiger charge is 2.18. The summed E-state index contributed by atoms with van der Waals surface area (Å²) in [6.45, 7) is 6.87. The van der Waals surface area contributed by atoms with Crippen molar-refractivity contribution < 1.29 is 4.79 Å². The first kappa shape index (κ1) is 19.8. The lowest BCUT2D eigenvalue weighted by Crippen LogP contribution is -2.33. The van der Waals surface area contributed by atoms with E-state index in [-0.39, 0.29) is 23.8 Å². The van der Waals surface area contributed by atoms with E-state index in [4.69, 9.17) is 5.26 Å². The summed E-state index contributed by atoms with van der Waals surface area (Å²) in [5, 5.41) is 15.8. The Labute approximate surface area is 157 Å². The molecule has 0 atom stereocenters. The highest BCUT2D eigenvalue weighted by atomic mass is 32.2. The van der Waals surface area contributed by atoms with Gasteiger partial charge in [0.05, 0.1) is 18.2 Å². The molecular formula is C18H23N5O2S. The second-order valence-corrected chi connectivity index (χ2v) is 6.92. The number of nitrogens with one attached hydrogen (secondary N) is 1. The summed E-state index contributed by atoms with van der Waals surface area (Å²) in [5.74, 6) is 0.0267. The van der Waals surface area contributed by atoms with E-state index < -0.39 is 0 Å². The topological polar surface area (TPSA) is 94.8 Å². The Morgan fingerprint density at radius 2 is 2.15 bits per heavy atom. The van der Waals surface area contributed by atoms with Crippen LogP contribution >= 0.6 is 11.8 Å². The zero-order valence-electron chi connectivity index (χ0n) is 15.3. The maximum Gasteiger partial charge on any atom is 0.343 e. The zero-order chi connectivity index (χ0) is 19.1. The molecule has 2 aromatic rings. The summed E-state index contributed by atoms with van der Waals surface area (Å²) in [4.78, 5) is 26.1. The molecule has 0 aliphatic carbocycles. The van der Waals surface area contributed by atoms with Crippen molar-refractivity contribution in [2.24, 2.45) is 0 Å². The number of benzene rings is 1. The highest BCUT2D eigenvalue weighted by Crippen LogP contribution is 2.22. The minimum Gasteiger partial charge on any atom is -0.311 e. The third-order valence-corrected chi connectivity index (χ3v) is 5.01. The molecule has 0 aliphatic heterocycles. The maximum absolute atomic E-state index is 12.8. The van der Waals surface area contributed by atoms with Gasteiger partial charge in [-0.3, -0.25) is 9.36 Å². The van der Waals surface area contributed by atoms with Crippen molar-refractivity contribution in [1.82, 2.24) is 14.8 Å². The van der Waals surface area contributed by atoms with Gasteiger partial charge in [0.15, 0.2) is 5.16 Å². The molecule has 138 valence electrons. The van der Waals surface area contributed by atoms with Gasteiger partial charge in [0.2, 0.25) is 5.91 Å². The van der Waals surface area contributed by atoms with Gasteiger partial charge >= 0.3 is 5.69 Å². The second-order valence-electron chi connectivity index (χ2n) is 5.97. The fourth-order valence-corrected chi connectivity index (χ4v) is 3.34. The third kappa shape index (κ3) is 4.76. The number of carbonyl (C=O) groups excluding carboxylic acids is 1. The van der Waals surface area contributed by atoms with Crippen molar-refractivity contribution in [3.8, 4) is 6.07 Å². The van der Waals surface area contributed by atoms with Crippen molar-refractivity contribution in [2.45, 2.75) is 45.3 Å². The van der Waals surface area contributed by atoms with E-state index in [9.17, 15) is 9.59 Å². The number of thioether (sulfide) groups is 1. The molecule has 2 rings (SSSR count). The number of rotatable bonds is 8. The summed E-state index contributed by atoms with van der Waals surface area (Å²) in [7, 11) is 0. The summed E-state index contributed by atoms with van der Waals surface area (Å²) < 4.78 is 1.54. The fourth-order valence-electron chi connectivity index (χ4n) is 2.49. The van der Waals surface area contributed by atoms with E-state index in [2.05, 4.69) is 16.3 Å². The largest absolute Gasteiger partial charge is 0.343 e.